The van der Waals surface area contributed by atoms with Crippen LogP contribution in [0.2, 0.25) is 0 Å². The molecule has 1 aromatic carbocycles. The fourth-order valence-electron chi connectivity index (χ4n) is 4.10. The van der Waals surface area contributed by atoms with Gasteiger partial charge >= 0.3 is 0 Å². The van der Waals surface area contributed by atoms with Crippen LogP contribution in [0.3, 0.4) is 0 Å². The fraction of sp³-hybridized carbons (Fsp3) is 0.280. The molecular weight excluding hydrogens is 446 g/mol. The Labute approximate surface area is 201 Å². The van der Waals surface area contributed by atoms with Crippen LogP contribution in [0.5, 0.6) is 0 Å². The number of aliphatic hydroxyl groups is 1. The average Bonchev–Trinajstić information content (AvgIpc) is 3.56. The number of nitriles is 1. The number of aromatic amines is 1. The lowest BCUT2D eigenvalue weighted by Gasteiger charge is -2.33. The van der Waals surface area contributed by atoms with Crippen molar-refractivity contribution in [3.63, 3.8) is 0 Å². The number of hydrogen-bond acceptors (Lipinski definition) is 8. The van der Waals surface area contributed by atoms with E-state index in [2.05, 4.69) is 48.1 Å². The highest BCUT2D eigenvalue weighted by Gasteiger charge is 2.24. The summed E-state index contributed by atoms with van der Waals surface area (Å²) < 4.78 is 0. The van der Waals surface area contributed by atoms with Crippen molar-refractivity contribution < 1.29 is 5.11 Å². The Morgan fingerprint density at radius 2 is 2.21 bits per heavy atom. The predicted octanol–water partition coefficient (Wildman–Crippen LogP) is 4.16. The lowest BCUT2D eigenvalue weighted by atomic mass is 9.98. The van der Waals surface area contributed by atoms with Gasteiger partial charge < -0.3 is 20.3 Å². The van der Waals surface area contributed by atoms with Gasteiger partial charge in [-0.1, -0.05) is 11.8 Å². The summed E-state index contributed by atoms with van der Waals surface area (Å²) in [6, 6.07) is 10.2. The summed E-state index contributed by atoms with van der Waals surface area (Å²) in [5, 5.41) is 26.9. The normalized spacial score (nSPS) is 17.4. The number of hydrogen-bond donors (Lipinski definition) is 3. The summed E-state index contributed by atoms with van der Waals surface area (Å²) in [5.74, 6) is 6.73. The van der Waals surface area contributed by atoms with E-state index in [0.717, 1.165) is 47.4 Å². The minimum atomic E-state index is -1.34. The van der Waals surface area contributed by atoms with Crippen molar-refractivity contribution >= 4 is 39.6 Å². The minimum Gasteiger partial charge on any atom is -0.371 e. The van der Waals surface area contributed by atoms with E-state index in [4.69, 9.17) is 0 Å². The standard InChI is InChI=1S/C25H23N7OS/c1-25(33,24-28-10-12-34-24)8-6-17-4-5-21(32-11-2-3-18(14-26)15-32)20(13-17)31-23-19-7-9-27-22(19)29-16-30-23/h4-5,7,9-10,12-13,16,18,33H,2-3,11,15H2,1H3,(H2,27,29,30,31). The van der Waals surface area contributed by atoms with E-state index in [1.165, 1.54) is 17.7 Å². The highest BCUT2D eigenvalue weighted by molar-refractivity contribution is 7.09. The van der Waals surface area contributed by atoms with Gasteiger partial charge in [0, 0.05) is 36.4 Å². The summed E-state index contributed by atoms with van der Waals surface area (Å²) in [4.78, 5) is 18.2. The number of nitrogens with one attached hydrogen (secondary N) is 2. The third kappa shape index (κ3) is 4.44. The molecule has 4 aromatic rings. The summed E-state index contributed by atoms with van der Waals surface area (Å²) in [6.45, 7) is 3.20. The Kier molecular flexibility index (Phi) is 5.89. The van der Waals surface area contributed by atoms with Crippen molar-refractivity contribution in [1.82, 2.24) is 19.9 Å². The number of thiazole rings is 1. The van der Waals surface area contributed by atoms with Crippen molar-refractivity contribution in [3.05, 3.63) is 58.9 Å². The zero-order valence-corrected chi connectivity index (χ0v) is 19.4. The first-order chi connectivity index (χ1) is 16.5. The van der Waals surface area contributed by atoms with Gasteiger partial charge in [0.25, 0.3) is 0 Å². The molecule has 1 fully saturated rings. The molecule has 0 amide bonds. The molecule has 0 aliphatic carbocycles. The van der Waals surface area contributed by atoms with Crippen molar-refractivity contribution in [2.45, 2.75) is 25.4 Å². The van der Waals surface area contributed by atoms with Crippen LogP contribution in [0.15, 0.2) is 48.4 Å². The van der Waals surface area contributed by atoms with E-state index in [0.29, 0.717) is 17.4 Å². The van der Waals surface area contributed by atoms with Crippen molar-refractivity contribution in [2.24, 2.45) is 5.92 Å². The maximum absolute atomic E-state index is 10.7. The Morgan fingerprint density at radius 1 is 1.29 bits per heavy atom. The van der Waals surface area contributed by atoms with E-state index >= 15 is 0 Å². The fourth-order valence-corrected chi connectivity index (χ4v) is 4.75. The Bertz CT molecular complexity index is 1410. The number of benzene rings is 1. The van der Waals surface area contributed by atoms with Crippen LogP contribution in [0.4, 0.5) is 17.2 Å². The van der Waals surface area contributed by atoms with Crippen LogP contribution in [0.25, 0.3) is 11.0 Å². The molecule has 3 N–H and O–H groups in total. The van der Waals surface area contributed by atoms with Crippen LogP contribution < -0.4 is 10.2 Å². The molecule has 8 nitrogen and oxygen atoms in total. The zero-order chi connectivity index (χ0) is 23.5. The molecule has 0 spiro atoms. The van der Waals surface area contributed by atoms with Crippen LogP contribution in [-0.4, -0.2) is 38.1 Å². The average molecular weight is 470 g/mol. The quantitative estimate of drug-likeness (QED) is 0.385. The lowest BCUT2D eigenvalue weighted by Crippen LogP contribution is -2.35. The van der Waals surface area contributed by atoms with Gasteiger partial charge in [0.15, 0.2) is 5.60 Å². The molecule has 0 radical (unpaired) electrons. The number of fused-ring (bicyclic) bond motifs is 1. The third-order valence-electron chi connectivity index (χ3n) is 5.85. The van der Waals surface area contributed by atoms with Gasteiger partial charge in [-0.15, -0.1) is 11.3 Å². The van der Waals surface area contributed by atoms with Gasteiger partial charge in [-0.3, -0.25) is 0 Å². The molecule has 2 atom stereocenters. The summed E-state index contributed by atoms with van der Waals surface area (Å²) in [7, 11) is 0. The molecule has 34 heavy (non-hydrogen) atoms. The van der Waals surface area contributed by atoms with Gasteiger partial charge in [-0.25, -0.2) is 15.0 Å². The van der Waals surface area contributed by atoms with E-state index in [1.54, 1.807) is 13.1 Å². The van der Waals surface area contributed by atoms with Crippen LogP contribution >= 0.6 is 11.3 Å². The van der Waals surface area contributed by atoms with Gasteiger partial charge in [0.1, 0.15) is 22.8 Å². The molecule has 1 aliphatic rings. The molecule has 3 aromatic heterocycles. The number of anilines is 3. The first-order valence-corrected chi connectivity index (χ1v) is 11.9. The van der Waals surface area contributed by atoms with E-state index in [9.17, 15) is 10.4 Å². The summed E-state index contributed by atoms with van der Waals surface area (Å²) in [5.41, 5.74) is 1.98. The lowest BCUT2D eigenvalue weighted by molar-refractivity contribution is 0.122. The molecule has 5 rings (SSSR count). The van der Waals surface area contributed by atoms with Gasteiger partial charge in [0.05, 0.1) is 28.7 Å². The largest absolute Gasteiger partial charge is 0.371 e. The summed E-state index contributed by atoms with van der Waals surface area (Å²) in [6.07, 6.45) is 6.88. The minimum absolute atomic E-state index is 0.00453. The molecule has 2 unspecified atom stereocenters. The highest BCUT2D eigenvalue weighted by Crippen LogP contribution is 2.34. The monoisotopic (exact) mass is 469 g/mol. The predicted molar refractivity (Wildman–Crippen MR) is 133 cm³/mol. The number of aromatic nitrogens is 4. The van der Waals surface area contributed by atoms with Crippen LogP contribution in [0, 0.1) is 29.1 Å². The second-order valence-corrected chi connectivity index (χ2v) is 9.29. The molecule has 170 valence electrons. The maximum atomic E-state index is 10.7. The molecular formula is C25H23N7OS. The van der Waals surface area contributed by atoms with Crippen molar-refractivity contribution in [3.8, 4) is 17.9 Å². The molecule has 0 bridgehead atoms. The van der Waals surface area contributed by atoms with Gasteiger partial charge in [0.2, 0.25) is 0 Å². The van der Waals surface area contributed by atoms with Gasteiger partial charge in [-0.05, 0) is 44.0 Å². The Morgan fingerprint density at radius 3 is 3.03 bits per heavy atom. The van der Waals surface area contributed by atoms with E-state index < -0.39 is 5.60 Å². The number of rotatable bonds is 4. The van der Waals surface area contributed by atoms with Gasteiger partial charge in [-0.2, -0.15) is 5.26 Å². The molecule has 0 saturated carbocycles. The van der Waals surface area contributed by atoms with E-state index in [1.807, 2.05) is 35.8 Å². The SMILES string of the molecule is CC(O)(C#Cc1ccc(N2CCCC(C#N)C2)c(Nc2ncnc3[nH]ccc23)c1)c1nccs1. The maximum Gasteiger partial charge on any atom is 0.174 e. The Balaban J connectivity index is 1.53. The van der Waals surface area contributed by atoms with Crippen LogP contribution in [-0.2, 0) is 5.60 Å². The highest BCUT2D eigenvalue weighted by atomic mass is 32.1. The second-order valence-electron chi connectivity index (χ2n) is 8.39. The van der Waals surface area contributed by atoms with Crippen molar-refractivity contribution in [2.75, 3.05) is 23.3 Å². The number of piperidine rings is 1. The Hall–Kier alpha value is -3.92. The first-order valence-electron chi connectivity index (χ1n) is 11.0. The third-order valence-corrected chi connectivity index (χ3v) is 6.83. The van der Waals surface area contributed by atoms with E-state index in [-0.39, 0.29) is 5.92 Å². The molecule has 4 heterocycles. The zero-order valence-electron chi connectivity index (χ0n) is 18.6. The van der Waals surface area contributed by atoms with Crippen LogP contribution in [0.1, 0.15) is 30.3 Å². The van der Waals surface area contributed by atoms with Crippen molar-refractivity contribution in [1.29, 1.82) is 5.26 Å². The molecule has 9 heteroatoms. The smallest absolute Gasteiger partial charge is 0.174 e. The summed E-state index contributed by atoms with van der Waals surface area (Å²) >= 11 is 1.37. The molecule has 1 aliphatic heterocycles. The number of H-pyrrole nitrogens is 1. The number of nitrogens with zero attached hydrogens (tertiary/aromatic N) is 5. The topological polar surface area (TPSA) is 114 Å². The molecule has 1 saturated heterocycles. The second kappa shape index (κ2) is 9.14. The first kappa shape index (κ1) is 21.9.